The summed E-state index contributed by atoms with van der Waals surface area (Å²) in [4.78, 5) is 23.9. The maximum Gasteiger partial charge on any atom is 0.230 e. The molecule has 4 bridgehead atoms. The number of Topliss-reactive ketones (excluding diaryl/α,β-unsaturated/α-hetero) is 1. The Kier molecular flexibility index (Phi) is 5.32. The normalized spacial score (nSPS) is 31.1. The van der Waals surface area contributed by atoms with Gasteiger partial charge in [-0.2, -0.15) is 0 Å². The van der Waals surface area contributed by atoms with E-state index in [0.29, 0.717) is 15.9 Å². The third-order valence-electron chi connectivity index (χ3n) is 6.84. The lowest BCUT2D eigenvalue weighted by Gasteiger charge is -2.57. The van der Waals surface area contributed by atoms with Crippen LogP contribution in [0.1, 0.15) is 62.2 Å². The van der Waals surface area contributed by atoms with Gasteiger partial charge in [-0.3, -0.25) is 9.59 Å². The zero-order valence-corrected chi connectivity index (χ0v) is 16.7. The first-order chi connectivity index (χ1) is 12.9. The molecule has 4 saturated carbocycles. The van der Waals surface area contributed by atoms with Crippen molar-refractivity contribution in [1.29, 1.82) is 0 Å². The number of halogens is 1. The minimum Gasteiger partial charge on any atom is -0.355 e. The number of rotatable bonds is 7. The third kappa shape index (κ3) is 4.23. The zero-order valence-electron chi connectivity index (χ0n) is 15.9. The number of hydrogen-bond acceptors (Lipinski definition) is 3. The Morgan fingerprint density at radius 3 is 2.33 bits per heavy atom. The second-order valence-electron chi connectivity index (χ2n) is 9.01. The molecular weight excluding hydrogens is 361 g/mol. The van der Waals surface area contributed by atoms with Gasteiger partial charge >= 0.3 is 0 Å². The van der Waals surface area contributed by atoms with E-state index in [2.05, 4.69) is 5.32 Å². The Morgan fingerprint density at radius 1 is 1.15 bits per heavy atom. The Bertz CT molecular complexity index is 713. The van der Waals surface area contributed by atoms with Crippen LogP contribution >= 0.6 is 11.8 Å². The van der Waals surface area contributed by atoms with Gasteiger partial charge in [0, 0.05) is 17.0 Å². The van der Waals surface area contributed by atoms with Gasteiger partial charge in [-0.05, 0) is 87.2 Å². The molecular formula is C22H28FNO2S. The molecule has 27 heavy (non-hydrogen) atoms. The summed E-state index contributed by atoms with van der Waals surface area (Å²) in [5.41, 5.74) is 0.834. The fourth-order valence-electron chi connectivity index (χ4n) is 6.09. The van der Waals surface area contributed by atoms with Gasteiger partial charge in [0.25, 0.3) is 0 Å². The average molecular weight is 390 g/mol. The summed E-state index contributed by atoms with van der Waals surface area (Å²) in [7, 11) is 0. The van der Waals surface area contributed by atoms with Crippen LogP contribution < -0.4 is 5.32 Å². The first-order valence-corrected chi connectivity index (χ1v) is 11.1. The Morgan fingerprint density at radius 2 is 1.78 bits per heavy atom. The molecule has 0 saturated heterocycles. The van der Waals surface area contributed by atoms with Crippen molar-refractivity contribution < 1.29 is 14.0 Å². The molecule has 4 fully saturated rings. The lowest BCUT2D eigenvalue weighted by Crippen LogP contribution is -2.47. The summed E-state index contributed by atoms with van der Waals surface area (Å²) in [5, 5.41) is 3.04. The molecule has 1 aromatic rings. The van der Waals surface area contributed by atoms with Gasteiger partial charge < -0.3 is 5.32 Å². The molecule has 1 amide bonds. The molecule has 1 N–H and O–H groups in total. The predicted octanol–water partition coefficient (Wildman–Crippen LogP) is 4.84. The van der Waals surface area contributed by atoms with Gasteiger partial charge in [0.05, 0.1) is 5.75 Å². The molecule has 0 spiro atoms. The highest BCUT2D eigenvalue weighted by Crippen LogP contribution is 2.61. The van der Waals surface area contributed by atoms with E-state index >= 15 is 0 Å². The maximum atomic E-state index is 14.0. The largest absolute Gasteiger partial charge is 0.355 e. The quantitative estimate of drug-likeness (QED) is 0.536. The van der Waals surface area contributed by atoms with E-state index in [4.69, 9.17) is 0 Å². The number of carbonyl (C=O) groups is 2. The lowest BCUT2D eigenvalue weighted by atomic mass is 9.49. The molecule has 5 rings (SSSR count). The molecule has 1 aromatic carbocycles. The van der Waals surface area contributed by atoms with Crippen LogP contribution in [0.4, 0.5) is 4.39 Å². The number of carbonyl (C=O) groups excluding carboxylic acids is 2. The Labute approximate surface area is 164 Å². The molecule has 0 aromatic heterocycles. The minimum absolute atomic E-state index is 0.0419. The molecule has 3 nitrogen and oxygen atoms in total. The smallest absolute Gasteiger partial charge is 0.230 e. The van der Waals surface area contributed by atoms with Crippen molar-refractivity contribution in [1.82, 2.24) is 5.32 Å². The molecule has 0 heterocycles. The predicted molar refractivity (Wildman–Crippen MR) is 105 cm³/mol. The van der Waals surface area contributed by atoms with Crippen molar-refractivity contribution in [3.63, 3.8) is 0 Å². The molecule has 0 unspecified atom stereocenters. The molecule has 0 aliphatic heterocycles. The SMILES string of the molecule is CC(=O)c1ccc(SCC(=O)NCCC23CC4CC(CC(C4)C2)C3)c(F)c1. The molecule has 5 heteroatoms. The second kappa shape index (κ2) is 7.57. The highest BCUT2D eigenvalue weighted by Gasteiger charge is 2.50. The van der Waals surface area contributed by atoms with Gasteiger partial charge in [0.2, 0.25) is 5.91 Å². The van der Waals surface area contributed by atoms with Crippen molar-refractivity contribution in [2.75, 3.05) is 12.3 Å². The maximum absolute atomic E-state index is 14.0. The summed E-state index contributed by atoms with van der Waals surface area (Å²) < 4.78 is 14.0. The Hall–Kier alpha value is -1.36. The van der Waals surface area contributed by atoms with Crippen LogP contribution in [-0.4, -0.2) is 24.0 Å². The summed E-state index contributed by atoms with van der Waals surface area (Å²) >= 11 is 1.19. The summed E-state index contributed by atoms with van der Waals surface area (Å²) in [6.45, 7) is 2.15. The van der Waals surface area contributed by atoms with E-state index in [1.807, 2.05) is 0 Å². The van der Waals surface area contributed by atoms with E-state index in [0.717, 1.165) is 30.7 Å². The van der Waals surface area contributed by atoms with Crippen molar-refractivity contribution >= 4 is 23.5 Å². The summed E-state index contributed by atoms with van der Waals surface area (Å²) in [5.74, 6) is 2.37. The summed E-state index contributed by atoms with van der Waals surface area (Å²) in [6.07, 6.45) is 9.49. The number of hydrogen-bond donors (Lipinski definition) is 1. The summed E-state index contributed by atoms with van der Waals surface area (Å²) in [6, 6.07) is 4.44. The minimum atomic E-state index is -0.436. The fraction of sp³-hybridized carbons (Fsp3) is 0.636. The first-order valence-electron chi connectivity index (χ1n) is 10.1. The van der Waals surface area contributed by atoms with Crippen molar-refractivity contribution in [3.8, 4) is 0 Å². The fourth-order valence-corrected chi connectivity index (χ4v) is 6.84. The number of ketones is 1. The first kappa shape index (κ1) is 19.0. The number of nitrogens with one attached hydrogen (secondary N) is 1. The molecule has 146 valence electrons. The van der Waals surface area contributed by atoms with Crippen LogP contribution in [0.5, 0.6) is 0 Å². The van der Waals surface area contributed by atoms with Crippen LogP contribution in [0.2, 0.25) is 0 Å². The molecule has 0 atom stereocenters. The lowest BCUT2D eigenvalue weighted by molar-refractivity contribution is -0.119. The van der Waals surface area contributed by atoms with E-state index in [-0.39, 0.29) is 17.4 Å². The van der Waals surface area contributed by atoms with E-state index < -0.39 is 5.82 Å². The zero-order chi connectivity index (χ0) is 19.0. The monoisotopic (exact) mass is 389 g/mol. The number of amides is 1. The van der Waals surface area contributed by atoms with Gasteiger partial charge in [-0.1, -0.05) is 6.07 Å². The highest BCUT2D eigenvalue weighted by atomic mass is 32.2. The van der Waals surface area contributed by atoms with Crippen LogP contribution in [0.15, 0.2) is 23.1 Å². The van der Waals surface area contributed by atoms with Gasteiger partial charge in [0.15, 0.2) is 5.78 Å². The van der Waals surface area contributed by atoms with Crippen LogP contribution in [0.25, 0.3) is 0 Å². The average Bonchev–Trinajstić information content (AvgIpc) is 2.59. The van der Waals surface area contributed by atoms with Crippen LogP contribution in [0, 0.1) is 29.0 Å². The third-order valence-corrected chi connectivity index (χ3v) is 7.89. The molecule has 0 radical (unpaired) electrons. The van der Waals surface area contributed by atoms with Gasteiger partial charge in [-0.15, -0.1) is 11.8 Å². The standard InChI is InChI=1S/C22H28FNO2S/c1-14(25)18-2-3-20(19(23)9-18)27-13-21(26)24-5-4-22-10-15-6-16(11-22)8-17(7-15)12-22/h2-3,9,15-17H,4-8,10-13H2,1H3,(H,24,26). The number of benzene rings is 1. The van der Waals surface area contributed by atoms with Crippen molar-refractivity contribution in [3.05, 3.63) is 29.6 Å². The number of thioether (sulfide) groups is 1. The Balaban J connectivity index is 1.23. The highest BCUT2D eigenvalue weighted by molar-refractivity contribution is 8.00. The van der Waals surface area contributed by atoms with Gasteiger partial charge in [0.1, 0.15) is 5.82 Å². The molecule has 4 aliphatic carbocycles. The van der Waals surface area contributed by atoms with Gasteiger partial charge in [-0.25, -0.2) is 4.39 Å². The van der Waals surface area contributed by atoms with E-state index in [1.54, 1.807) is 12.1 Å². The van der Waals surface area contributed by atoms with Crippen molar-refractivity contribution in [2.45, 2.75) is 56.8 Å². The van der Waals surface area contributed by atoms with Crippen LogP contribution in [-0.2, 0) is 4.79 Å². The van der Waals surface area contributed by atoms with E-state index in [9.17, 15) is 14.0 Å². The second-order valence-corrected chi connectivity index (χ2v) is 10.0. The molecule has 4 aliphatic rings. The van der Waals surface area contributed by atoms with Crippen LogP contribution in [0.3, 0.4) is 0 Å². The van der Waals surface area contributed by atoms with E-state index in [1.165, 1.54) is 63.3 Å². The topological polar surface area (TPSA) is 46.2 Å². The van der Waals surface area contributed by atoms with Crippen molar-refractivity contribution in [2.24, 2.45) is 23.2 Å².